The summed E-state index contributed by atoms with van der Waals surface area (Å²) in [6, 6.07) is 3.73. The van der Waals surface area contributed by atoms with Crippen molar-refractivity contribution in [3.63, 3.8) is 0 Å². The number of ether oxygens (including phenoxy) is 6. The predicted octanol–water partition coefficient (Wildman–Crippen LogP) is 0.254. The van der Waals surface area contributed by atoms with Crippen LogP contribution in [-0.4, -0.2) is 179 Å². The van der Waals surface area contributed by atoms with Crippen LogP contribution in [0.3, 0.4) is 0 Å². The van der Waals surface area contributed by atoms with Crippen LogP contribution in [0.2, 0.25) is 0 Å². The van der Waals surface area contributed by atoms with E-state index in [1.54, 1.807) is 116 Å². The number of aliphatic carboxylic acids is 1. The zero-order valence-electron chi connectivity index (χ0n) is 52.4. The molecule has 4 rings (SSSR count). The van der Waals surface area contributed by atoms with Gasteiger partial charge in [-0.25, -0.2) is 9.59 Å². The molecule has 1 fully saturated rings. The molecule has 8 amide bonds. The molecular weight excluding hydrogens is 1180 g/mol. The van der Waals surface area contributed by atoms with Crippen LogP contribution in [0.1, 0.15) is 113 Å². The van der Waals surface area contributed by atoms with Gasteiger partial charge in [-0.15, -0.1) is 0 Å². The lowest BCUT2D eigenvalue weighted by atomic mass is 9.95. The van der Waals surface area contributed by atoms with Gasteiger partial charge in [0.15, 0.2) is 18.4 Å². The van der Waals surface area contributed by atoms with Gasteiger partial charge >= 0.3 is 35.9 Å². The minimum atomic E-state index is -1.90. The van der Waals surface area contributed by atoms with Gasteiger partial charge in [-0.1, -0.05) is 62.4 Å². The van der Waals surface area contributed by atoms with Crippen molar-refractivity contribution in [2.45, 2.75) is 193 Å². The molecule has 12 N–H and O–H groups in total. The average molecular weight is 1270 g/mol. The maximum atomic E-state index is 15.0. The summed E-state index contributed by atoms with van der Waals surface area (Å²) < 4.78 is 32.8. The lowest BCUT2D eigenvalue weighted by Gasteiger charge is -2.45. The van der Waals surface area contributed by atoms with Gasteiger partial charge in [-0.2, -0.15) is 0 Å². The molecule has 2 aromatic carbocycles. The number of nitrogens with one attached hydrogen (secondary N) is 9. The van der Waals surface area contributed by atoms with Gasteiger partial charge < -0.3 is 86.8 Å². The van der Waals surface area contributed by atoms with Crippen LogP contribution in [-0.2, 0) is 98.8 Å². The molecule has 1 aliphatic heterocycles. The van der Waals surface area contributed by atoms with Gasteiger partial charge in [0.25, 0.3) is 0 Å². The number of carboxylic acids is 1. The second kappa shape index (κ2) is 33.4. The lowest BCUT2D eigenvalue weighted by molar-refractivity contribution is -0.228. The molecule has 30 heteroatoms. The highest BCUT2D eigenvalue weighted by Gasteiger charge is 2.51. The second-order valence-corrected chi connectivity index (χ2v) is 23.9. The van der Waals surface area contributed by atoms with Gasteiger partial charge in [0.05, 0.1) is 25.4 Å². The number of fused-ring (bicyclic) bond motifs is 1. The van der Waals surface area contributed by atoms with Crippen LogP contribution in [0.15, 0.2) is 60.8 Å². The fourth-order valence-electron chi connectivity index (χ4n) is 9.28. The molecule has 30 nitrogen and oxygen atoms in total. The van der Waals surface area contributed by atoms with E-state index in [0.717, 1.165) is 27.7 Å². The molecule has 1 saturated heterocycles. The Morgan fingerprint density at radius 2 is 1.16 bits per heavy atom. The van der Waals surface area contributed by atoms with Crippen molar-refractivity contribution in [1.29, 1.82) is 0 Å². The third-order valence-corrected chi connectivity index (χ3v) is 13.0. The van der Waals surface area contributed by atoms with Crippen LogP contribution >= 0.6 is 0 Å². The molecule has 494 valence electrons. The summed E-state index contributed by atoms with van der Waals surface area (Å²) in [7, 11) is 0. The molecular formula is C60H84N10O20. The van der Waals surface area contributed by atoms with E-state index >= 15 is 4.79 Å². The molecule has 2 heterocycles. The van der Waals surface area contributed by atoms with Gasteiger partial charge in [-0.3, -0.25) is 52.7 Å². The zero-order valence-corrected chi connectivity index (χ0v) is 52.4. The number of aromatic nitrogens is 1. The predicted molar refractivity (Wildman–Crippen MR) is 318 cm³/mol. The van der Waals surface area contributed by atoms with E-state index in [2.05, 4.69) is 47.5 Å². The Hall–Kier alpha value is -9.19. The van der Waals surface area contributed by atoms with Crippen molar-refractivity contribution in [2.24, 2.45) is 11.7 Å². The summed E-state index contributed by atoms with van der Waals surface area (Å²) in [6.45, 7) is 15.9. The van der Waals surface area contributed by atoms with Crippen molar-refractivity contribution in [3.8, 4) is 0 Å². The lowest BCUT2D eigenvalue weighted by Crippen LogP contribution is -2.69. The van der Waals surface area contributed by atoms with Crippen LogP contribution in [0.4, 0.5) is 4.79 Å². The van der Waals surface area contributed by atoms with Gasteiger partial charge in [0.1, 0.15) is 60.2 Å². The smallest absolute Gasteiger partial charge is 0.407 e. The molecule has 0 bridgehead atoms. The fraction of sp³-hybridized carbons (Fsp3) is 0.550. The molecule has 3 aromatic rings. The Kier molecular flexibility index (Phi) is 27.2. The number of rotatable bonds is 29. The molecule has 1 aromatic heterocycles. The number of H-pyrrole nitrogens is 1. The number of hydrogen-bond donors (Lipinski definition) is 11. The van der Waals surface area contributed by atoms with Crippen molar-refractivity contribution < 1.29 is 95.9 Å². The van der Waals surface area contributed by atoms with Crippen molar-refractivity contribution in [3.05, 3.63) is 71.9 Å². The van der Waals surface area contributed by atoms with Gasteiger partial charge in [-0.05, 0) is 71.1 Å². The van der Waals surface area contributed by atoms with E-state index < -0.39 is 181 Å². The second-order valence-electron chi connectivity index (χ2n) is 23.9. The van der Waals surface area contributed by atoms with Crippen molar-refractivity contribution in [1.82, 2.24) is 47.5 Å². The summed E-state index contributed by atoms with van der Waals surface area (Å²) in [4.78, 5) is 177. The van der Waals surface area contributed by atoms with Gasteiger partial charge in [0.2, 0.25) is 41.4 Å². The third kappa shape index (κ3) is 24.8. The number of alkyl carbamates (subject to hydrolysis) is 1. The number of hydrogen-bond acceptors (Lipinski definition) is 20. The van der Waals surface area contributed by atoms with Crippen LogP contribution < -0.4 is 48.3 Å². The molecule has 11 atom stereocenters. The van der Waals surface area contributed by atoms with E-state index in [1.807, 2.05) is 0 Å². The highest BCUT2D eigenvalue weighted by atomic mass is 16.6. The van der Waals surface area contributed by atoms with Crippen molar-refractivity contribution in [2.75, 3.05) is 13.2 Å². The number of aromatic amines is 1. The molecule has 0 radical (unpaired) electrons. The first-order chi connectivity index (χ1) is 42.0. The third-order valence-electron chi connectivity index (χ3n) is 13.0. The standard InChI is InChI=1S/C60H84N10O20/c1-30(2)22-43(57(82)83)68-55(81)44(28-63-58(84)90-60(10,11)12)69-52(78)40(23-35-18-14-13-15-19-35)66-53(79)41(24-36-27-62-39-21-17-16-20-37(36)39)67-54(80)42(26-47(76)89-59(7,8)9)65-51(77)38(61)25-46(75)70-56-48(64-31(3)71)50(87-34(6)74)49(86-33(5)73)45(88-56)29-85-32(4)72/h13-21,27,30,38,40-45,48-50,56,62H,22-26,28-29,61H2,1-12H3,(H,63,84)(H,64,71)(H,65,77)(H,66,79)(H,67,80)(H,68,81)(H,69,78)(H,70,75)(H,82,83)/t38-,40-,41-,42-,43-,44-,45+,48+,49+,50+,56+/m0/s1. The molecule has 0 saturated carbocycles. The minimum absolute atomic E-state index is 0.00487. The zero-order chi connectivity index (χ0) is 67.4. The van der Waals surface area contributed by atoms with E-state index in [-0.39, 0.29) is 25.2 Å². The average Bonchev–Trinajstić information content (AvgIpc) is 0.900. The highest BCUT2D eigenvalue weighted by Crippen LogP contribution is 2.27. The summed E-state index contributed by atoms with van der Waals surface area (Å²) in [5.74, 6) is -12.3. The van der Waals surface area contributed by atoms with E-state index in [0.29, 0.717) is 22.0 Å². The topological polar surface area (TPSA) is 436 Å². The minimum Gasteiger partial charge on any atom is -0.480 e. The highest BCUT2D eigenvalue weighted by molar-refractivity contribution is 5.99. The quantitative estimate of drug-likeness (QED) is 0.0328. The first kappa shape index (κ1) is 73.3. The number of para-hydroxylation sites is 1. The maximum Gasteiger partial charge on any atom is 0.407 e. The van der Waals surface area contributed by atoms with Gasteiger partial charge in [0, 0.05) is 57.6 Å². The summed E-state index contributed by atoms with van der Waals surface area (Å²) in [5.41, 5.74) is 5.80. The Bertz CT molecular complexity index is 3070. The van der Waals surface area contributed by atoms with Crippen molar-refractivity contribution >= 4 is 88.2 Å². The van der Waals surface area contributed by atoms with Crippen LogP contribution in [0.25, 0.3) is 10.9 Å². The number of carboxylic acid groups (broad SMARTS) is 1. The Labute approximate surface area is 519 Å². The number of benzene rings is 2. The number of nitrogens with two attached hydrogens (primary N) is 1. The summed E-state index contributed by atoms with van der Waals surface area (Å²) >= 11 is 0. The Morgan fingerprint density at radius 3 is 1.72 bits per heavy atom. The Morgan fingerprint density at radius 1 is 0.622 bits per heavy atom. The molecule has 0 unspecified atom stereocenters. The first-order valence-electron chi connectivity index (χ1n) is 29.0. The molecule has 0 spiro atoms. The number of amides is 8. The van der Waals surface area contributed by atoms with Crippen LogP contribution in [0.5, 0.6) is 0 Å². The first-order valence-corrected chi connectivity index (χ1v) is 29.0. The number of esters is 4. The monoisotopic (exact) mass is 1260 g/mol. The van der Waals surface area contributed by atoms with Crippen LogP contribution in [0, 0.1) is 5.92 Å². The Balaban J connectivity index is 1.72. The normalized spacial score (nSPS) is 18.4. The summed E-state index contributed by atoms with van der Waals surface area (Å²) in [6.07, 6.45) is -7.87. The molecule has 90 heavy (non-hydrogen) atoms. The number of carbonyl (C=O) groups is 13. The largest absolute Gasteiger partial charge is 0.480 e. The number of carbonyl (C=O) groups excluding carboxylic acids is 12. The van der Waals surface area contributed by atoms with E-state index in [9.17, 15) is 62.6 Å². The summed E-state index contributed by atoms with van der Waals surface area (Å²) in [5, 5.41) is 30.6. The molecule has 1 aliphatic rings. The van der Waals surface area contributed by atoms with E-state index in [4.69, 9.17) is 34.2 Å². The fourth-order valence-corrected chi connectivity index (χ4v) is 9.28. The molecule has 0 aliphatic carbocycles. The van der Waals surface area contributed by atoms with E-state index in [1.165, 1.54) is 0 Å². The SMILES string of the molecule is CC(=O)N[C@@H]1[C@@H](OC(C)=O)[C@H](OC(C)=O)[C@@H](COC(C)=O)O[C@H]1NC(=O)C[C@H](N)C(=O)N[C@@H](CC(=O)OC(C)(C)C)C(=O)N[C@@H](Cc1c[nH]c2ccccc12)C(=O)N[C@@H](Cc1ccccc1)C(=O)N[C@@H](CNC(=O)OC(C)(C)C)C(=O)N[C@@H](CC(C)C)C(=O)O. The maximum absolute atomic E-state index is 15.0.